The first kappa shape index (κ1) is 17.4. The summed E-state index contributed by atoms with van der Waals surface area (Å²) in [5, 5.41) is 2.76. The summed E-state index contributed by atoms with van der Waals surface area (Å²) >= 11 is 1.60. The van der Waals surface area contributed by atoms with Crippen LogP contribution < -0.4 is 5.32 Å². The third-order valence-electron chi connectivity index (χ3n) is 2.44. The van der Waals surface area contributed by atoms with Crippen LogP contribution in [0.4, 0.5) is 10.5 Å². The molecule has 1 aromatic carbocycles. The average Bonchev–Trinajstić information content (AvgIpc) is 2.36. The maximum atomic E-state index is 11.9. The molecule has 116 valence electrons. The molecule has 0 aromatic heterocycles. The molecular formula is C15H22N2O3S. The summed E-state index contributed by atoms with van der Waals surface area (Å²) in [5.74, 6) is -0.262. The molecule has 0 aliphatic rings. The Morgan fingerprint density at radius 1 is 1.33 bits per heavy atom. The van der Waals surface area contributed by atoms with Crippen molar-refractivity contribution in [3.63, 3.8) is 0 Å². The predicted octanol–water partition coefficient (Wildman–Crippen LogP) is 3.21. The number of nitrogens with one attached hydrogen (secondary N) is 1. The molecule has 0 heterocycles. The van der Waals surface area contributed by atoms with Crippen LogP contribution >= 0.6 is 11.8 Å². The minimum Gasteiger partial charge on any atom is -0.444 e. The van der Waals surface area contributed by atoms with Gasteiger partial charge in [-0.2, -0.15) is 0 Å². The number of anilines is 1. The van der Waals surface area contributed by atoms with Crippen molar-refractivity contribution in [1.82, 2.24) is 4.90 Å². The number of carbonyl (C=O) groups excluding carboxylic acids is 2. The molecule has 0 unspecified atom stereocenters. The number of thioether (sulfide) groups is 1. The molecule has 21 heavy (non-hydrogen) atoms. The lowest BCUT2D eigenvalue weighted by molar-refractivity contribution is -0.117. The molecule has 0 bridgehead atoms. The van der Waals surface area contributed by atoms with E-state index in [1.54, 1.807) is 32.5 Å². The molecule has 0 saturated carbocycles. The highest BCUT2D eigenvalue weighted by molar-refractivity contribution is 7.98. The Morgan fingerprint density at radius 3 is 2.57 bits per heavy atom. The van der Waals surface area contributed by atoms with Gasteiger partial charge in [-0.1, -0.05) is 6.07 Å². The number of nitrogens with zero attached hydrogens (tertiary/aromatic N) is 1. The van der Waals surface area contributed by atoms with Crippen LogP contribution in [-0.4, -0.2) is 42.3 Å². The monoisotopic (exact) mass is 310 g/mol. The molecule has 1 aromatic rings. The lowest BCUT2D eigenvalue weighted by atomic mass is 10.2. The Bertz CT molecular complexity index is 512. The van der Waals surface area contributed by atoms with Crippen LogP contribution in [0.3, 0.4) is 0 Å². The zero-order valence-corrected chi connectivity index (χ0v) is 13.9. The minimum absolute atomic E-state index is 0.0571. The van der Waals surface area contributed by atoms with E-state index >= 15 is 0 Å². The minimum atomic E-state index is -0.575. The molecule has 0 aliphatic heterocycles. The van der Waals surface area contributed by atoms with E-state index < -0.39 is 11.7 Å². The van der Waals surface area contributed by atoms with Crippen molar-refractivity contribution in [3.05, 3.63) is 24.3 Å². The van der Waals surface area contributed by atoms with Gasteiger partial charge in [-0.05, 0) is 45.2 Å². The quantitative estimate of drug-likeness (QED) is 0.868. The highest BCUT2D eigenvalue weighted by Gasteiger charge is 2.21. The fourth-order valence-electron chi connectivity index (χ4n) is 1.52. The summed E-state index contributed by atoms with van der Waals surface area (Å²) in [5.41, 5.74) is 0.138. The summed E-state index contributed by atoms with van der Waals surface area (Å²) in [6.07, 6.45) is 1.45. The van der Waals surface area contributed by atoms with Crippen molar-refractivity contribution < 1.29 is 14.3 Å². The maximum Gasteiger partial charge on any atom is 0.410 e. The van der Waals surface area contributed by atoms with Gasteiger partial charge in [-0.25, -0.2) is 4.79 Å². The number of hydrogen-bond acceptors (Lipinski definition) is 4. The third-order valence-corrected chi connectivity index (χ3v) is 3.16. The fraction of sp³-hybridized carbons (Fsp3) is 0.467. The molecule has 0 fully saturated rings. The van der Waals surface area contributed by atoms with Gasteiger partial charge in [-0.3, -0.25) is 4.79 Å². The maximum absolute atomic E-state index is 11.9. The number of ether oxygens (including phenoxy) is 1. The van der Waals surface area contributed by atoms with Gasteiger partial charge in [-0.15, -0.1) is 11.8 Å². The van der Waals surface area contributed by atoms with Gasteiger partial charge in [0.25, 0.3) is 0 Å². The standard InChI is InChI=1S/C15H22N2O3S/c1-15(2,3)20-14(19)17(4)10-13(18)16-11-7-6-8-12(9-11)21-5/h6-9H,10H2,1-5H3,(H,16,18). The molecule has 0 atom stereocenters. The molecule has 6 heteroatoms. The van der Waals surface area contributed by atoms with E-state index in [0.717, 1.165) is 4.90 Å². The van der Waals surface area contributed by atoms with Gasteiger partial charge in [0.05, 0.1) is 0 Å². The van der Waals surface area contributed by atoms with Crippen LogP contribution in [0, 0.1) is 0 Å². The van der Waals surface area contributed by atoms with Crippen LogP contribution in [0.1, 0.15) is 20.8 Å². The first-order chi connectivity index (χ1) is 9.71. The highest BCUT2D eigenvalue weighted by atomic mass is 32.2. The largest absolute Gasteiger partial charge is 0.444 e. The van der Waals surface area contributed by atoms with E-state index in [-0.39, 0.29) is 12.5 Å². The molecule has 1 N–H and O–H groups in total. The normalized spacial score (nSPS) is 10.9. The van der Waals surface area contributed by atoms with Crippen LogP contribution in [0.15, 0.2) is 29.2 Å². The van der Waals surface area contributed by atoms with Crippen LogP contribution in [0.5, 0.6) is 0 Å². The number of rotatable bonds is 4. The lowest BCUT2D eigenvalue weighted by Crippen LogP contribution is -2.38. The first-order valence-electron chi connectivity index (χ1n) is 6.59. The predicted molar refractivity (Wildman–Crippen MR) is 85.7 cm³/mol. The van der Waals surface area contributed by atoms with Crippen molar-refractivity contribution >= 4 is 29.4 Å². The smallest absolute Gasteiger partial charge is 0.410 e. The van der Waals surface area contributed by atoms with Crippen molar-refractivity contribution in [2.45, 2.75) is 31.3 Å². The second kappa shape index (κ2) is 7.36. The van der Waals surface area contributed by atoms with E-state index in [4.69, 9.17) is 4.74 Å². The fourth-order valence-corrected chi connectivity index (χ4v) is 1.98. The van der Waals surface area contributed by atoms with Crippen molar-refractivity contribution in [2.24, 2.45) is 0 Å². The number of carbonyl (C=O) groups is 2. The number of amides is 2. The second-order valence-corrected chi connectivity index (χ2v) is 6.50. The van der Waals surface area contributed by atoms with E-state index in [9.17, 15) is 9.59 Å². The topological polar surface area (TPSA) is 58.6 Å². The van der Waals surface area contributed by atoms with Gasteiger partial charge in [0.1, 0.15) is 12.1 Å². The Hall–Kier alpha value is -1.69. The second-order valence-electron chi connectivity index (χ2n) is 5.62. The van der Waals surface area contributed by atoms with Crippen molar-refractivity contribution in [2.75, 3.05) is 25.2 Å². The first-order valence-corrected chi connectivity index (χ1v) is 7.82. The summed E-state index contributed by atoms with van der Waals surface area (Å²) < 4.78 is 5.19. The van der Waals surface area contributed by atoms with Gasteiger partial charge in [0.2, 0.25) is 5.91 Å². The van der Waals surface area contributed by atoms with Crippen LogP contribution in [0.25, 0.3) is 0 Å². The van der Waals surface area contributed by atoms with Gasteiger partial charge >= 0.3 is 6.09 Å². The van der Waals surface area contributed by atoms with E-state index in [2.05, 4.69) is 5.32 Å². The summed E-state index contributed by atoms with van der Waals surface area (Å²) in [7, 11) is 1.53. The Balaban J connectivity index is 2.54. The van der Waals surface area contributed by atoms with Gasteiger partial charge in [0.15, 0.2) is 0 Å². The SMILES string of the molecule is CSc1cccc(NC(=O)CN(C)C(=O)OC(C)(C)C)c1. The number of hydrogen-bond donors (Lipinski definition) is 1. The zero-order chi connectivity index (χ0) is 16.0. The van der Waals surface area contributed by atoms with E-state index in [1.807, 2.05) is 30.5 Å². The van der Waals surface area contributed by atoms with E-state index in [0.29, 0.717) is 5.69 Å². The van der Waals surface area contributed by atoms with Gasteiger partial charge in [0, 0.05) is 17.6 Å². The average molecular weight is 310 g/mol. The van der Waals surface area contributed by atoms with Crippen LogP contribution in [-0.2, 0) is 9.53 Å². The van der Waals surface area contributed by atoms with E-state index in [1.165, 1.54) is 11.9 Å². The third kappa shape index (κ3) is 6.53. The lowest BCUT2D eigenvalue weighted by Gasteiger charge is -2.24. The Kier molecular flexibility index (Phi) is 6.08. The van der Waals surface area contributed by atoms with Crippen molar-refractivity contribution in [3.8, 4) is 0 Å². The highest BCUT2D eigenvalue weighted by Crippen LogP contribution is 2.18. The molecule has 0 spiro atoms. The van der Waals surface area contributed by atoms with Gasteiger partial charge < -0.3 is 15.0 Å². The zero-order valence-electron chi connectivity index (χ0n) is 13.1. The molecule has 2 amide bonds. The Labute approximate surface area is 130 Å². The molecule has 1 rings (SSSR count). The molecule has 0 saturated heterocycles. The van der Waals surface area contributed by atoms with Crippen LogP contribution in [0.2, 0.25) is 0 Å². The molecule has 5 nitrogen and oxygen atoms in total. The van der Waals surface area contributed by atoms with Crippen molar-refractivity contribution in [1.29, 1.82) is 0 Å². The summed E-state index contributed by atoms with van der Waals surface area (Å²) in [6, 6.07) is 7.54. The summed E-state index contributed by atoms with van der Waals surface area (Å²) in [6.45, 7) is 5.30. The molecular weight excluding hydrogens is 288 g/mol. The molecule has 0 radical (unpaired) electrons. The number of benzene rings is 1. The number of likely N-dealkylation sites (N-methyl/N-ethyl adjacent to an activating group) is 1. The molecule has 0 aliphatic carbocycles. The summed E-state index contributed by atoms with van der Waals surface area (Å²) in [4.78, 5) is 26.0. The Morgan fingerprint density at radius 2 is 2.00 bits per heavy atom.